The van der Waals surface area contributed by atoms with Crippen LogP contribution in [0.4, 0.5) is 0 Å². The molecule has 2 aromatic rings. The van der Waals surface area contributed by atoms with Gasteiger partial charge in [-0.15, -0.1) is 0 Å². The van der Waals surface area contributed by atoms with E-state index in [1.54, 1.807) is 24.3 Å². The molecule has 2 aromatic carbocycles. The van der Waals surface area contributed by atoms with Gasteiger partial charge >= 0.3 is 0 Å². The van der Waals surface area contributed by atoms with E-state index in [9.17, 15) is 5.11 Å². The maximum atomic E-state index is 9.47. The molecule has 78 valence electrons. The fourth-order valence-electron chi connectivity index (χ4n) is 1.51. The van der Waals surface area contributed by atoms with E-state index in [1.807, 2.05) is 18.2 Å². The molecule has 1 N–H and O–H groups in total. The van der Waals surface area contributed by atoms with Gasteiger partial charge in [0.15, 0.2) is 0 Å². The van der Waals surface area contributed by atoms with Crippen LogP contribution in [-0.2, 0) is 0 Å². The van der Waals surface area contributed by atoms with Crippen LogP contribution < -0.4 is 0 Å². The number of phenols is 1. The molecule has 0 aliphatic heterocycles. The highest BCUT2D eigenvalue weighted by Crippen LogP contribution is 2.27. The summed E-state index contributed by atoms with van der Waals surface area (Å²) in [7, 11) is 0. The van der Waals surface area contributed by atoms with Crippen molar-refractivity contribution < 1.29 is 5.11 Å². The predicted octanol–water partition coefficient (Wildman–Crippen LogP) is 3.58. The zero-order valence-electron chi connectivity index (χ0n) is 8.31. The lowest BCUT2D eigenvalue weighted by atomic mass is 10.0. The highest BCUT2D eigenvalue weighted by Gasteiger charge is 2.02. The molecular weight excluding hydrogens is 222 g/mol. The molecule has 3 heteroatoms. The number of aromatic hydroxyl groups is 1. The fourth-order valence-corrected chi connectivity index (χ4v) is 1.70. The average Bonchev–Trinajstić information content (AvgIpc) is 2.28. The summed E-state index contributed by atoms with van der Waals surface area (Å²) < 4.78 is 0. The molecule has 0 radical (unpaired) electrons. The third-order valence-electron chi connectivity index (χ3n) is 2.20. The third-order valence-corrected chi connectivity index (χ3v) is 2.44. The SMILES string of the molecule is N#Cc1cc(O)cc(-c2cccc(Cl)c2)c1. The predicted molar refractivity (Wildman–Crippen MR) is 63.3 cm³/mol. The van der Waals surface area contributed by atoms with Crippen molar-refractivity contribution in [2.24, 2.45) is 0 Å². The highest BCUT2D eigenvalue weighted by molar-refractivity contribution is 6.30. The number of hydrogen-bond acceptors (Lipinski definition) is 2. The van der Waals surface area contributed by atoms with Crippen LogP contribution >= 0.6 is 11.6 Å². The van der Waals surface area contributed by atoms with Crippen molar-refractivity contribution in [3.63, 3.8) is 0 Å². The summed E-state index contributed by atoms with van der Waals surface area (Å²) in [6.07, 6.45) is 0. The number of hydrogen-bond donors (Lipinski definition) is 1. The van der Waals surface area contributed by atoms with Gasteiger partial charge in [0.1, 0.15) is 5.75 Å². The minimum absolute atomic E-state index is 0.0778. The fraction of sp³-hybridized carbons (Fsp3) is 0. The molecule has 0 aromatic heterocycles. The highest BCUT2D eigenvalue weighted by atomic mass is 35.5. The Morgan fingerprint density at radius 1 is 1.06 bits per heavy atom. The molecule has 0 saturated carbocycles. The van der Waals surface area contributed by atoms with Crippen molar-refractivity contribution in [1.29, 1.82) is 5.26 Å². The van der Waals surface area contributed by atoms with Crippen molar-refractivity contribution >= 4 is 11.6 Å². The molecule has 0 saturated heterocycles. The monoisotopic (exact) mass is 229 g/mol. The van der Waals surface area contributed by atoms with Crippen molar-refractivity contribution in [1.82, 2.24) is 0 Å². The summed E-state index contributed by atoms with van der Waals surface area (Å²) in [6, 6.07) is 14.0. The van der Waals surface area contributed by atoms with Crippen LogP contribution in [-0.4, -0.2) is 5.11 Å². The van der Waals surface area contributed by atoms with Crippen LogP contribution in [0.15, 0.2) is 42.5 Å². The Balaban J connectivity index is 2.56. The molecule has 0 amide bonds. The molecule has 0 aliphatic rings. The summed E-state index contributed by atoms with van der Waals surface area (Å²) in [5.74, 6) is 0.0778. The van der Waals surface area contributed by atoms with Crippen molar-refractivity contribution in [2.45, 2.75) is 0 Å². The van der Waals surface area contributed by atoms with Gasteiger partial charge in [-0.1, -0.05) is 23.7 Å². The zero-order valence-corrected chi connectivity index (χ0v) is 9.07. The van der Waals surface area contributed by atoms with E-state index >= 15 is 0 Å². The lowest BCUT2D eigenvalue weighted by Gasteiger charge is -2.03. The summed E-state index contributed by atoms with van der Waals surface area (Å²) in [6.45, 7) is 0. The number of phenolic OH excluding ortho intramolecular Hbond substituents is 1. The molecule has 0 heterocycles. The topological polar surface area (TPSA) is 44.0 Å². The van der Waals surface area contributed by atoms with Gasteiger partial charge in [0, 0.05) is 5.02 Å². The summed E-state index contributed by atoms with van der Waals surface area (Å²) in [5, 5.41) is 18.9. The Morgan fingerprint density at radius 3 is 2.56 bits per heavy atom. The Hall–Kier alpha value is -1.98. The Labute approximate surface area is 98.3 Å². The molecule has 0 unspecified atom stereocenters. The van der Waals surface area contributed by atoms with Crippen LogP contribution in [0.25, 0.3) is 11.1 Å². The normalized spacial score (nSPS) is 9.75. The van der Waals surface area contributed by atoms with Gasteiger partial charge in [-0.05, 0) is 41.5 Å². The molecular formula is C13H8ClNO. The van der Waals surface area contributed by atoms with E-state index in [2.05, 4.69) is 0 Å². The first kappa shape index (κ1) is 10.5. The smallest absolute Gasteiger partial charge is 0.117 e. The minimum atomic E-state index is 0.0778. The Morgan fingerprint density at radius 2 is 1.88 bits per heavy atom. The number of halogens is 1. The summed E-state index contributed by atoms with van der Waals surface area (Å²) in [4.78, 5) is 0. The van der Waals surface area contributed by atoms with Crippen LogP contribution in [0.2, 0.25) is 5.02 Å². The van der Waals surface area contributed by atoms with E-state index in [4.69, 9.17) is 16.9 Å². The maximum absolute atomic E-state index is 9.47. The van der Waals surface area contributed by atoms with Gasteiger partial charge in [-0.3, -0.25) is 0 Å². The maximum Gasteiger partial charge on any atom is 0.117 e. The second-order valence-electron chi connectivity index (χ2n) is 3.39. The van der Waals surface area contributed by atoms with Gasteiger partial charge < -0.3 is 5.11 Å². The first-order valence-corrected chi connectivity index (χ1v) is 5.07. The number of nitrogens with zero attached hydrogens (tertiary/aromatic N) is 1. The summed E-state index contributed by atoms with van der Waals surface area (Å²) in [5.41, 5.74) is 2.08. The van der Waals surface area contributed by atoms with Gasteiger partial charge in [0.25, 0.3) is 0 Å². The van der Waals surface area contributed by atoms with Crippen LogP contribution in [0.5, 0.6) is 5.75 Å². The largest absolute Gasteiger partial charge is 0.508 e. The molecule has 2 rings (SSSR count). The van der Waals surface area contributed by atoms with Crippen molar-refractivity contribution in [3.05, 3.63) is 53.1 Å². The van der Waals surface area contributed by atoms with Crippen molar-refractivity contribution in [2.75, 3.05) is 0 Å². The molecule has 0 bridgehead atoms. The molecule has 0 aliphatic carbocycles. The first-order valence-electron chi connectivity index (χ1n) is 4.69. The van der Waals surface area contributed by atoms with Crippen LogP contribution in [0.3, 0.4) is 0 Å². The Bertz CT molecular complexity index is 572. The quantitative estimate of drug-likeness (QED) is 0.812. The van der Waals surface area contributed by atoms with E-state index < -0.39 is 0 Å². The second kappa shape index (κ2) is 4.26. The lowest BCUT2D eigenvalue weighted by Crippen LogP contribution is -1.81. The molecule has 0 fully saturated rings. The molecule has 2 nitrogen and oxygen atoms in total. The van der Waals surface area contributed by atoms with Crippen LogP contribution in [0, 0.1) is 11.3 Å². The number of rotatable bonds is 1. The Kier molecular flexibility index (Phi) is 2.80. The van der Waals surface area contributed by atoms with Gasteiger partial charge in [0.2, 0.25) is 0 Å². The van der Waals surface area contributed by atoms with Crippen LogP contribution in [0.1, 0.15) is 5.56 Å². The molecule has 0 spiro atoms. The van der Waals surface area contributed by atoms with E-state index in [-0.39, 0.29) is 5.75 Å². The van der Waals surface area contributed by atoms with Gasteiger partial charge in [-0.25, -0.2) is 0 Å². The second-order valence-corrected chi connectivity index (χ2v) is 3.83. The molecule has 16 heavy (non-hydrogen) atoms. The zero-order chi connectivity index (χ0) is 11.5. The first-order chi connectivity index (χ1) is 7.69. The van der Waals surface area contributed by atoms with E-state index in [0.717, 1.165) is 11.1 Å². The minimum Gasteiger partial charge on any atom is -0.508 e. The van der Waals surface area contributed by atoms with E-state index in [1.165, 1.54) is 6.07 Å². The number of nitriles is 1. The number of benzene rings is 2. The lowest BCUT2D eigenvalue weighted by molar-refractivity contribution is 0.475. The molecule has 0 atom stereocenters. The third kappa shape index (κ3) is 2.16. The van der Waals surface area contributed by atoms with Crippen molar-refractivity contribution in [3.8, 4) is 22.9 Å². The van der Waals surface area contributed by atoms with Gasteiger partial charge in [0.05, 0.1) is 11.6 Å². The average molecular weight is 230 g/mol. The van der Waals surface area contributed by atoms with Gasteiger partial charge in [-0.2, -0.15) is 5.26 Å². The summed E-state index contributed by atoms with van der Waals surface area (Å²) >= 11 is 5.88. The van der Waals surface area contributed by atoms with E-state index in [0.29, 0.717) is 10.6 Å². The standard InChI is InChI=1S/C13H8ClNO/c14-12-3-1-2-10(6-12)11-4-9(8-15)5-13(16)7-11/h1-7,16H.